The molecule has 0 aromatic heterocycles. The van der Waals surface area contributed by atoms with Crippen LogP contribution in [0.4, 0.5) is 10.1 Å². The summed E-state index contributed by atoms with van der Waals surface area (Å²) in [5.41, 5.74) is 2.92. The molecule has 0 heterocycles. The third kappa shape index (κ3) is 6.53. The van der Waals surface area contributed by atoms with Crippen LogP contribution in [-0.2, 0) is 9.59 Å². The number of nitrogens with one attached hydrogen (secondary N) is 2. The molecule has 3 rings (SSSR count). The van der Waals surface area contributed by atoms with Gasteiger partial charge < -0.3 is 14.8 Å². The standard InChI is InChI=1S/C23H16Cl2FN3O5/c1-33-20-10-13(2-9-19(20)34-23(32)17-8-3-14(24)11-18(17)25)12-27-29-22(31)21(30)28-16-6-4-15(26)5-7-16/h2-12H,1H3,(H,28,30)(H,29,31)/b27-12+. The van der Waals surface area contributed by atoms with E-state index in [1.54, 1.807) is 6.07 Å². The van der Waals surface area contributed by atoms with E-state index >= 15 is 0 Å². The number of methoxy groups -OCH3 is 1. The Morgan fingerprint density at radius 1 is 0.941 bits per heavy atom. The van der Waals surface area contributed by atoms with Crippen molar-refractivity contribution in [1.82, 2.24) is 5.43 Å². The molecule has 34 heavy (non-hydrogen) atoms. The van der Waals surface area contributed by atoms with E-state index in [9.17, 15) is 18.8 Å². The molecule has 0 bridgehead atoms. The Balaban J connectivity index is 1.62. The number of hydrogen-bond donors (Lipinski definition) is 2. The molecule has 0 atom stereocenters. The van der Waals surface area contributed by atoms with Crippen LogP contribution in [0, 0.1) is 5.82 Å². The minimum atomic E-state index is -1.03. The Morgan fingerprint density at radius 2 is 1.68 bits per heavy atom. The maximum Gasteiger partial charge on any atom is 0.345 e. The number of carbonyl (C=O) groups excluding carboxylic acids is 3. The largest absolute Gasteiger partial charge is 0.493 e. The second-order valence-electron chi connectivity index (χ2n) is 6.58. The van der Waals surface area contributed by atoms with E-state index in [4.69, 9.17) is 32.7 Å². The normalized spacial score (nSPS) is 10.6. The van der Waals surface area contributed by atoms with Crippen LogP contribution >= 0.6 is 23.2 Å². The Hall–Kier alpha value is -3.95. The molecule has 0 spiro atoms. The summed E-state index contributed by atoms with van der Waals surface area (Å²) in [5, 5.41) is 6.53. The summed E-state index contributed by atoms with van der Waals surface area (Å²) in [6.45, 7) is 0. The Labute approximate surface area is 203 Å². The van der Waals surface area contributed by atoms with Crippen molar-refractivity contribution in [2.45, 2.75) is 0 Å². The number of ether oxygens (including phenoxy) is 2. The number of halogens is 3. The summed E-state index contributed by atoms with van der Waals surface area (Å²) in [5.74, 6) is -2.86. The van der Waals surface area contributed by atoms with Gasteiger partial charge in [0.1, 0.15) is 5.82 Å². The summed E-state index contributed by atoms with van der Waals surface area (Å²) in [6.07, 6.45) is 1.26. The maximum atomic E-state index is 12.9. The second-order valence-corrected chi connectivity index (χ2v) is 7.43. The summed E-state index contributed by atoms with van der Waals surface area (Å²) < 4.78 is 23.5. The lowest BCUT2D eigenvalue weighted by molar-refractivity contribution is -0.136. The van der Waals surface area contributed by atoms with E-state index in [1.165, 1.54) is 55.8 Å². The highest BCUT2D eigenvalue weighted by Crippen LogP contribution is 2.30. The van der Waals surface area contributed by atoms with E-state index < -0.39 is 23.6 Å². The zero-order chi connectivity index (χ0) is 24.7. The topological polar surface area (TPSA) is 106 Å². The Kier molecular flexibility index (Phi) is 8.18. The molecule has 0 aliphatic carbocycles. The molecule has 0 saturated heterocycles. The van der Waals surface area contributed by atoms with Crippen molar-refractivity contribution in [2.75, 3.05) is 12.4 Å². The van der Waals surface area contributed by atoms with Gasteiger partial charge in [0.25, 0.3) is 0 Å². The van der Waals surface area contributed by atoms with E-state index in [-0.39, 0.29) is 27.8 Å². The molecule has 0 unspecified atom stereocenters. The average molecular weight is 504 g/mol. The van der Waals surface area contributed by atoms with Gasteiger partial charge in [0.05, 0.1) is 23.9 Å². The SMILES string of the molecule is COc1cc(/C=N/NC(=O)C(=O)Nc2ccc(F)cc2)ccc1OC(=O)c1ccc(Cl)cc1Cl. The fourth-order valence-corrected chi connectivity index (χ4v) is 3.08. The Morgan fingerprint density at radius 3 is 2.35 bits per heavy atom. The molecule has 11 heteroatoms. The molecule has 0 saturated carbocycles. The summed E-state index contributed by atoms with van der Waals surface area (Å²) in [7, 11) is 1.38. The number of rotatable bonds is 6. The highest BCUT2D eigenvalue weighted by molar-refractivity contribution is 6.39. The first-order chi connectivity index (χ1) is 16.3. The van der Waals surface area contributed by atoms with Gasteiger partial charge in [-0.25, -0.2) is 14.6 Å². The zero-order valence-corrected chi connectivity index (χ0v) is 19.0. The zero-order valence-electron chi connectivity index (χ0n) is 17.5. The van der Waals surface area contributed by atoms with Gasteiger partial charge in [-0.05, 0) is 66.2 Å². The molecule has 0 aliphatic rings. The van der Waals surface area contributed by atoms with Crippen molar-refractivity contribution < 1.29 is 28.2 Å². The van der Waals surface area contributed by atoms with Gasteiger partial charge in [-0.1, -0.05) is 23.2 Å². The third-order valence-corrected chi connectivity index (χ3v) is 4.78. The lowest BCUT2D eigenvalue weighted by atomic mass is 10.2. The third-order valence-electron chi connectivity index (χ3n) is 4.23. The second kappa shape index (κ2) is 11.3. The van der Waals surface area contributed by atoms with E-state index in [0.717, 1.165) is 12.1 Å². The van der Waals surface area contributed by atoms with Crippen LogP contribution in [0.2, 0.25) is 10.0 Å². The summed E-state index contributed by atoms with van der Waals surface area (Å²) in [4.78, 5) is 36.2. The van der Waals surface area contributed by atoms with Gasteiger partial charge in [0.2, 0.25) is 0 Å². The van der Waals surface area contributed by atoms with Crippen molar-refractivity contribution in [3.63, 3.8) is 0 Å². The van der Waals surface area contributed by atoms with E-state index in [2.05, 4.69) is 15.8 Å². The van der Waals surface area contributed by atoms with Crippen LogP contribution in [-0.4, -0.2) is 31.1 Å². The van der Waals surface area contributed by atoms with E-state index in [1.807, 2.05) is 0 Å². The highest BCUT2D eigenvalue weighted by atomic mass is 35.5. The van der Waals surface area contributed by atoms with Crippen molar-refractivity contribution in [3.05, 3.63) is 87.7 Å². The average Bonchev–Trinajstić information content (AvgIpc) is 2.81. The quantitative estimate of drug-likeness (QED) is 0.170. The van der Waals surface area contributed by atoms with Gasteiger partial charge in [0, 0.05) is 10.7 Å². The maximum absolute atomic E-state index is 12.9. The van der Waals surface area contributed by atoms with Gasteiger partial charge in [-0.3, -0.25) is 9.59 Å². The van der Waals surface area contributed by atoms with Crippen molar-refractivity contribution >= 4 is 52.9 Å². The first-order valence-electron chi connectivity index (χ1n) is 9.52. The van der Waals surface area contributed by atoms with Gasteiger partial charge in [0.15, 0.2) is 11.5 Å². The van der Waals surface area contributed by atoms with Gasteiger partial charge in [-0.15, -0.1) is 0 Å². The first kappa shape index (κ1) is 24.7. The van der Waals surface area contributed by atoms with Gasteiger partial charge in [-0.2, -0.15) is 5.10 Å². The molecule has 8 nitrogen and oxygen atoms in total. The smallest absolute Gasteiger partial charge is 0.345 e. The molecule has 0 fully saturated rings. The van der Waals surface area contributed by atoms with Crippen LogP contribution < -0.4 is 20.2 Å². The predicted octanol–water partition coefficient (Wildman–Crippen LogP) is 4.45. The molecule has 3 aromatic rings. The number of carbonyl (C=O) groups is 3. The summed E-state index contributed by atoms with van der Waals surface area (Å²) >= 11 is 11.9. The van der Waals surface area contributed by atoms with Crippen molar-refractivity contribution in [3.8, 4) is 11.5 Å². The molecule has 2 amide bonds. The molecule has 3 aromatic carbocycles. The Bertz CT molecular complexity index is 1270. The van der Waals surface area contributed by atoms with E-state index in [0.29, 0.717) is 10.6 Å². The number of anilines is 1. The number of benzene rings is 3. The minimum absolute atomic E-state index is 0.123. The molecular weight excluding hydrogens is 488 g/mol. The van der Waals surface area contributed by atoms with Crippen LogP contribution in [0.1, 0.15) is 15.9 Å². The minimum Gasteiger partial charge on any atom is -0.493 e. The number of hydrazone groups is 1. The fraction of sp³-hybridized carbons (Fsp3) is 0.0435. The number of nitrogens with zero attached hydrogens (tertiary/aromatic N) is 1. The highest BCUT2D eigenvalue weighted by Gasteiger charge is 2.16. The first-order valence-corrected chi connectivity index (χ1v) is 10.3. The molecular formula is C23H16Cl2FN3O5. The molecule has 2 N–H and O–H groups in total. The predicted molar refractivity (Wildman–Crippen MR) is 125 cm³/mol. The fourth-order valence-electron chi connectivity index (χ4n) is 2.60. The lowest BCUT2D eigenvalue weighted by Gasteiger charge is -2.10. The molecule has 0 radical (unpaired) electrons. The van der Waals surface area contributed by atoms with Gasteiger partial charge >= 0.3 is 17.8 Å². The molecule has 0 aliphatic heterocycles. The number of esters is 1. The van der Waals surface area contributed by atoms with Crippen LogP contribution in [0.25, 0.3) is 0 Å². The number of hydrogen-bond acceptors (Lipinski definition) is 6. The van der Waals surface area contributed by atoms with Crippen molar-refractivity contribution in [1.29, 1.82) is 0 Å². The van der Waals surface area contributed by atoms with Crippen LogP contribution in [0.5, 0.6) is 11.5 Å². The lowest BCUT2D eigenvalue weighted by Crippen LogP contribution is -2.32. The van der Waals surface area contributed by atoms with Crippen LogP contribution in [0.3, 0.4) is 0 Å². The number of amides is 2. The monoisotopic (exact) mass is 503 g/mol. The van der Waals surface area contributed by atoms with Crippen molar-refractivity contribution in [2.24, 2.45) is 5.10 Å². The van der Waals surface area contributed by atoms with Crippen LogP contribution in [0.15, 0.2) is 65.8 Å². The summed E-state index contributed by atoms with van der Waals surface area (Å²) in [6, 6.07) is 13.8. The molecule has 174 valence electrons.